The average Bonchev–Trinajstić information content (AvgIpc) is 2.64. The second-order valence-corrected chi connectivity index (χ2v) is 5.79. The SMILES string of the molecule is O=c1cc(CO)oc([C@H](Nc2cccc[nH+]2)c2ccc(Cl)cc2)c1O. The van der Waals surface area contributed by atoms with Crippen LogP contribution in [-0.4, -0.2) is 10.2 Å². The van der Waals surface area contributed by atoms with Crippen LogP contribution in [0.3, 0.4) is 0 Å². The highest BCUT2D eigenvalue weighted by Crippen LogP contribution is 2.31. The maximum absolute atomic E-state index is 12.0. The first kappa shape index (κ1) is 17.0. The standard InChI is InChI=1S/C18H15ClN2O4/c19-12-6-4-11(5-7-12)16(21-15-3-1-2-8-20-15)18-17(24)14(23)9-13(10-22)25-18/h1-9,16,22,24H,10H2,(H,20,21)/p+1/t16-/m1/s1. The minimum absolute atomic E-state index is 0.0103. The molecule has 0 saturated heterocycles. The molecule has 0 saturated carbocycles. The Morgan fingerprint density at radius 3 is 2.60 bits per heavy atom. The van der Waals surface area contributed by atoms with Gasteiger partial charge < -0.3 is 14.6 Å². The molecule has 0 aliphatic rings. The Morgan fingerprint density at radius 2 is 1.96 bits per heavy atom. The van der Waals surface area contributed by atoms with E-state index in [4.69, 9.17) is 16.0 Å². The number of halogens is 1. The number of aliphatic hydroxyl groups is 1. The lowest BCUT2D eigenvalue weighted by molar-refractivity contribution is -0.361. The summed E-state index contributed by atoms with van der Waals surface area (Å²) in [5, 5.41) is 23.3. The molecule has 2 aromatic heterocycles. The Balaban J connectivity index is 2.12. The number of hydrogen-bond acceptors (Lipinski definition) is 5. The molecule has 0 radical (unpaired) electrons. The van der Waals surface area contributed by atoms with Gasteiger partial charge in [-0.05, 0) is 18.2 Å². The van der Waals surface area contributed by atoms with E-state index in [-0.39, 0.29) is 11.5 Å². The summed E-state index contributed by atoms with van der Waals surface area (Å²) in [5.74, 6) is 0.214. The molecule has 1 atom stereocenters. The van der Waals surface area contributed by atoms with Gasteiger partial charge in [0.15, 0.2) is 11.8 Å². The fraction of sp³-hybridized carbons (Fsp3) is 0.111. The van der Waals surface area contributed by atoms with Gasteiger partial charge in [0, 0.05) is 22.7 Å². The number of rotatable bonds is 5. The van der Waals surface area contributed by atoms with Crippen LogP contribution in [0, 0.1) is 0 Å². The van der Waals surface area contributed by atoms with Gasteiger partial charge in [-0.15, -0.1) is 0 Å². The molecular weight excluding hydrogens is 344 g/mol. The van der Waals surface area contributed by atoms with Crippen molar-refractivity contribution in [1.82, 2.24) is 0 Å². The van der Waals surface area contributed by atoms with Crippen LogP contribution >= 0.6 is 11.6 Å². The lowest BCUT2D eigenvalue weighted by atomic mass is 10.0. The number of aromatic hydroxyl groups is 1. The van der Waals surface area contributed by atoms with E-state index in [1.165, 1.54) is 0 Å². The first-order chi connectivity index (χ1) is 12.1. The lowest BCUT2D eigenvalue weighted by Crippen LogP contribution is -2.20. The zero-order chi connectivity index (χ0) is 17.8. The summed E-state index contributed by atoms with van der Waals surface area (Å²) < 4.78 is 5.55. The average molecular weight is 360 g/mol. The lowest BCUT2D eigenvalue weighted by Gasteiger charge is -2.16. The maximum atomic E-state index is 12.0. The van der Waals surface area contributed by atoms with Gasteiger partial charge in [0.2, 0.25) is 11.2 Å². The number of nitrogens with one attached hydrogen (secondary N) is 2. The van der Waals surface area contributed by atoms with Crippen molar-refractivity contribution >= 4 is 17.4 Å². The van der Waals surface area contributed by atoms with Crippen molar-refractivity contribution < 1.29 is 19.6 Å². The molecule has 6 nitrogen and oxygen atoms in total. The summed E-state index contributed by atoms with van der Waals surface area (Å²) in [5.41, 5.74) is 0.0956. The summed E-state index contributed by atoms with van der Waals surface area (Å²) in [6.07, 6.45) is 1.74. The zero-order valence-electron chi connectivity index (χ0n) is 13.1. The Bertz CT molecular complexity index is 911. The zero-order valence-corrected chi connectivity index (χ0v) is 13.8. The number of anilines is 1. The molecule has 0 amide bonds. The van der Waals surface area contributed by atoms with E-state index in [9.17, 15) is 15.0 Å². The Hall–Kier alpha value is -2.83. The molecule has 25 heavy (non-hydrogen) atoms. The van der Waals surface area contributed by atoms with Gasteiger partial charge in [-0.2, -0.15) is 0 Å². The van der Waals surface area contributed by atoms with Crippen molar-refractivity contribution in [2.75, 3.05) is 5.32 Å². The van der Waals surface area contributed by atoms with Gasteiger partial charge in [0.25, 0.3) is 5.82 Å². The molecule has 0 aliphatic carbocycles. The number of aromatic amines is 1. The third kappa shape index (κ3) is 3.81. The molecule has 0 unspecified atom stereocenters. The Labute approximate surface area is 148 Å². The number of aliphatic hydroxyl groups excluding tert-OH is 1. The van der Waals surface area contributed by atoms with E-state index >= 15 is 0 Å². The number of H-pyrrole nitrogens is 1. The van der Waals surface area contributed by atoms with E-state index < -0.39 is 23.8 Å². The highest BCUT2D eigenvalue weighted by Gasteiger charge is 2.27. The Morgan fingerprint density at radius 1 is 1.20 bits per heavy atom. The molecule has 128 valence electrons. The second kappa shape index (κ2) is 7.38. The van der Waals surface area contributed by atoms with E-state index in [1.54, 1.807) is 36.5 Å². The molecule has 4 N–H and O–H groups in total. The van der Waals surface area contributed by atoms with Crippen molar-refractivity contribution in [3.8, 4) is 5.75 Å². The summed E-state index contributed by atoms with van der Waals surface area (Å²) in [6.45, 7) is -0.451. The van der Waals surface area contributed by atoms with Crippen molar-refractivity contribution in [3.05, 3.63) is 87.1 Å². The van der Waals surface area contributed by atoms with E-state index in [2.05, 4.69) is 10.3 Å². The molecule has 0 aliphatic heterocycles. The normalized spacial score (nSPS) is 11.9. The summed E-state index contributed by atoms with van der Waals surface area (Å²) in [4.78, 5) is 15.0. The molecule has 1 aromatic carbocycles. The monoisotopic (exact) mass is 359 g/mol. The number of hydrogen-bond donors (Lipinski definition) is 3. The van der Waals surface area contributed by atoms with Crippen LogP contribution in [0.25, 0.3) is 0 Å². The van der Waals surface area contributed by atoms with Crippen molar-refractivity contribution in [1.29, 1.82) is 0 Å². The van der Waals surface area contributed by atoms with Gasteiger partial charge in [-0.3, -0.25) is 10.1 Å². The van der Waals surface area contributed by atoms with Gasteiger partial charge in [0.1, 0.15) is 12.4 Å². The molecule has 0 spiro atoms. The van der Waals surface area contributed by atoms with Gasteiger partial charge in [-0.1, -0.05) is 29.8 Å². The van der Waals surface area contributed by atoms with Crippen LogP contribution in [0.15, 0.2) is 63.9 Å². The third-order valence-electron chi connectivity index (χ3n) is 3.63. The van der Waals surface area contributed by atoms with Crippen LogP contribution in [0.5, 0.6) is 5.75 Å². The minimum Gasteiger partial charge on any atom is -0.502 e. The summed E-state index contributed by atoms with van der Waals surface area (Å²) in [6, 6.07) is 12.8. The second-order valence-electron chi connectivity index (χ2n) is 5.35. The smallest absolute Gasteiger partial charge is 0.273 e. The molecule has 3 rings (SSSR count). The fourth-order valence-electron chi connectivity index (χ4n) is 2.42. The first-order valence-electron chi connectivity index (χ1n) is 7.54. The molecule has 2 heterocycles. The maximum Gasteiger partial charge on any atom is 0.273 e. The number of benzene rings is 1. The molecule has 3 aromatic rings. The van der Waals surface area contributed by atoms with Crippen LogP contribution < -0.4 is 15.7 Å². The van der Waals surface area contributed by atoms with Crippen LogP contribution in [0.2, 0.25) is 5.02 Å². The van der Waals surface area contributed by atoms with E-state index in [1.807, 2.05) is 12.1 Å². The number of aromatic nitrogens is 1. The summed E-state index contributed by atoms with van der Waals surface area (Å²) >= 11 is 5.94. The van der Waals surface area contributed by atoms with Crippen molar-refractivity contribution in [2.24, 2.45) is 0 Å². The molecular formula is C18H16ClN2O4+. The molecule has 0 bridgehead atoms. The predicted molar refractivity (Wildman–Crippen MR) is 92.5 cm³/mol. The third-order valence-corrected chi connectivity index (χ3v) is 3.88. The van der Waals surface area contributed by atoms with Gasteiger partial charge in [0.05, 0.1) is 6.20 Å². The highest BCUT2D eigenvalue weighted by molar-refractivity contribution is 6.30. The Kier molecular flexibility index (Phi) is 5.02. The minimum atomic E-state index is -0.671. The van der Waals surface area contributed by atoms with E-state index in [0.717, 1.165) is 11.6 Å². The number of pyridine rings is 1. The first-order valence-corrected chi connectivity index (χ1v) is 7.91. The van der Waals surface area contributed by atoms with Gasteiger partial charge in [-0.25, -0.2) is 4.98 Å². The largest absolute Gasteiger partial charge is 0.502 e. The quantitative estimate of drug-likeness (QED) is 0.650. The predicted octanol–water partition coefficient (Wildman–Crippen LogP) is 2.51. The van der Waals surface area contributed by atoms with E-state index in [0.29, 0.717) is 10.8 Å². The van der Waals surface area contributed by atoms with Crippen LogP contribution in [-0.2, 0) is 6.61 Å². The van der Waals surface area contributed by atoms with Crippen molar-refractivity contribution in [2.45, 2.75) is 12.6 Å². The van der Waals surface area contributed by atoms with Crippen molar-refractivity contribution in [3.63, 3.8) is 0 Å². The van der Waals surface area contributed by atoms with Crippen LogP contribution in [0.4, 0.5) is 5.82 Å². The van der Waals surface area contributed by atoms with Crippen LogP contribution in [0.1, 0.15) is 23.1 Å². The topological polar surface area (TPSA) is 96.8 Å². The fourth-order valence-corrected chi connectivity index (χ4v) is 2.55. The molecule has 0 fully saturated rings. The van der Waals surface area contributed by atoms with Gasteiger partial charge >= 0.3 is 0 Å². The molecule has 7 heteroatoms. The highest BCUT2D eigenvalue weighted by atomic mass is 35.5. The summed E-state index contributed by atoms with van der Waals surface area (Å²) in [7, 11) is 0.